The molecule has 25 heavy (non-hydrogen) atoms. The average Bonchev–Trinajstić information content (AvgIpc) is 3.14. The van der Waals surface area contributed by atoms with Crippen molar-refractivity contribution in [2.45, 2.75) is 0 Å². The van der Waals surface area contributed by atoms with Crippen LogP contribution in [-0.4, -0.2) is 36.3 Å². The molecule has 2 aromatic heterocycles. The molecule has 0 aliphatic carbocycles. The van der Waals surface area contributed by atoms with E-state index in [1.807, 2.05) is 12.4 Å². The summed E-state index contributed by atoms with van der Waals surface area (Å²) in [5.41, 5.74) is 4.79. The number of pyridine rings is 1. The molecular formula is C21H19N3O. The summed E-state index contributed by atoms with van der Waals surface area (Å²) in [4.78, 5) is 10.2. The van der Waals surface area contributed by atoms with Gasteiger partial charge in [0.15, 0.2) is 0 Å². The van der Waals surface area contributed by atoms with Crippen LogP contribution in [0.1, 0.15) is 0 Å². The normalized spacial score (nSPS) is 15.1. The van der Waals surface area contributed by atoms with Crippen molar-refractivity contribution < 1.29 is 4.74 Å². The Morgan fingerprint density at radius 2 is 1.72 bits per heavy atom. The molecule has 1 fully saturated rings. The third-order valence-electron chi connectivity index (χ3n) is 4.97. The quantitative estimate of drug-likeness (QED) is 0.599. The summed E-state index contributed by atoms with van der Waals surface area (Å²) in [5, 5.41) is 3.60. The van der Waals surface area contributed by atoms with E-state index in [-0.39, 0.29) is 0 Å². The number of aromatic amines is 1. The fourth-order valence-electron chi connectivity index (χ4n) is 3.60. The molecule has 4 aromatic rings. The third-order valence-corrected chi connectivity index (χ3v) is 4.97. The zero-order valence-corrected chi connectivity index (χ0v) is 13.9. The topological polar surface area (TPSA) is 41.1 Å². The molecule has 0 radical (unpaired) electrons. The molecule has 1 saturated heterocycles. The first kappa shape index (κ1) is 14.5. The zero-order valence-electron chi connectivity index (χ0n) is 13.9. The minimum Gasteiger partial charge on any atom is -0.378 e. The van der Waals surface area contributed by atoms with E-state index in [0.717, 1.165) is 37.4 Å². The molecule has 5 rings (SSSR count). The summed E-state index contributed by atoms with van der Waals surface area (Å²) in [7, 11) is 0. The molecule has 0 amide bonds. The Kier molecular flexibility index (Phi) is 3.42. The SMILES string of the molecule is c1cc2c(ccc3cc(-c4ccc(N5CCOCC5)cc4)[nH]c32)cn1. The highest BCUT2D eigenvalue weighted by molar-refractivity contribution is 6.06. The maximum Gasteiger partial charge on any atom is 0.0642 e. The van der Waals surface area contributed by atoms with Gasteiger partial charge in [-0.15, -0.1) is 0 Å². The van der Waals surface area contributed by atoms with Gasteiger partial charge in [0.2, 0.25) is 0 Å². The summed E-state index contributed by atoms with van der Waals surface area (Å²) in [6, 6.07) is 17.4. The van der Waals surface area contributed by atoms with Crippen molar-refractivity contribution in [1.29, 1.82) is 0 Å². The monoisotopic (exact) mass is 329 g/mol. The van der Waals surface area contributed by atoms with Gasteiger partial charge in [-0.05, 0) is 29.8 Å². The lowest BCUT2D eigenvalue weighted by atomic mass is 10.1. The van der Waals surface area contributed by atoms with Crippen LogP contribution in [0.2, 0.25) is 0 Å². The van der Waals surface area contributed by atoms with E-state index >= 15 is 0 Å². The lowest BCUT2D eigenvalue weighted by Crippen LogP contribution is -2.36. The van der Waals surface area contributed by atoms with Gasteiger partial charge in [-0.3, -0.25) is 4.98 Å². The predicted molar refractivity (Wildman–Crippen MR) is 102 cm³/mol. The molecular weight excluding hydrogens is 310 g/mol. The summed E-state index contributed by atoms with van der Waals surface area (Å²) in [5.74, 6) is 0. The van der Waals surface area contributed by atoms with Crippen LogP contribution in [0, 0.1) is 0 Å². The van der Waals surface area contributed by atoms with E-state index in [2.05, 4.69) is 63.4 Å². The van der Waals surface area contributed by atoms with Crippen molar-refractivity contribution in [2.75, 3.05) is 31.2 Å². The van der Waals surface area contributed by atoms with E-state index < -0.39 is 0 Å². The summed E-state index contributed by atoms with van der Waals surface area (Å²) >= 11 is 0. The number of rotatable bonds is 2. The number of aromatic nitrogens is 2. The van der Waals surface area contributed by atoms with Crippen LogP contribution in [0.25, 0.3) is 32.9 Å². The number of H-pyrrole nitrogens is 1. The van der Waals surface area contributed by atoms with Gasteiger partial charge in [0.1, 0.15) is 0 Å². The van der Waals surface area contributed by atoms with Gasteiger partial charge >= 0.3 is 0 Å². The van der Waals surface area contributed by atoms with Crippen molar-refractivity contribution in [3.05, 3.63) is 60.9 Å². The molecule has 4 nitrogen and oxygen atoms in total. The second-order valence-corrected chi connectivity index (χ2v) is 6.46. The number of hydrogen-bond donors (Lipinski definition) is 1. The van der Waals surface area contributed by atoms with Gasteiger partial charge < -0.3 is 14.6 Å². The first-order valence-electron chi connectivity index (χ1n) is 8.67. The van der Waals surface area contributed by atoms with E-state index in [1.54, 1.807) is 0 Å². The molecule has 1 N–H and O–H groups in total. The maximum absolute atomic E-state index is 5.43. The first-order chi connectivity index (χ1) is 12.4. The Balaban J connectivity index is 1.53. The molecule has 1 aliphatic rings. The van der Waals surface area contributed by atoms with Crippen molar-refractivity contribution in [1.82, 2.24) is 9.97 Å². The summed E-state index contributed by atoms with van der Waals surface area (Å²) in [6.07, 6.45) is 3.76. The Bertz CT molecular complexity index is 1030. The average molecular weight is 329 g/mol. The number of ether oxygens (including phenoxy) is 1. The number of hydrogen-bond acceptors (Lipinski definition) is 3. The smallest absolute Gasteiger partial charge is 0.0642 e. The molecule has 0 spiro atoms. The number of nitrogens with zero attached hydrogens (tertiary/aromatic N) is 2. The first-order valence-corrected chi connectivity index (χ1v) is 8.67. The predicted octanol–water partition coefficient (Wildman–Crippen LogP) is 4.22. The van der Waals surface area contributed by atoms with Crippen molar-refractivity contribution in [3.63, 3.8) is 0 Å². The standard InChI is InChI=1S/C21H19N3O/c1-2-17-14-22-8-7-19(17)21-16(1)13-20(23-21)15-3-5-18(6-4-15)24-9-11-25-12-10-24/h1-8,13-14,23H,9-12H2. The second-order valence-electron chi connectivity index (χ2n) is 6.46. The third kappa shape index (κ3) is 2.55. The van der Waals surface area contributed by atoms with Crippen LogP contribution < -0.4 is 4.90 Å². The number of nitrogens with one attached hydrogen (secondary N) is 1. The van der Waals surface area contributed by atoms with Gasteiger partial charge in [-0.2, -0.15) is 0 Å². The Morgan fingerprint density at radius 1 is 0.920 bits per heavy atom. The molecule has 2 aromatic carbocycles. The van der Waals surface area contributed by atoms with Gasteiger partial charge in [-0.1, -0.05) is 24.3 Å². The van der Waals surface area contributed by atoms with Gasteiger partial charge in [-0.25, -0.2) is 0 Å². The van der Waals surface area contributed by atoms with Crippen LogP contribution >= 0.6 is 0 Å². The zero-order chi connectivity index (χ0) is 16.6. The largest absolute Gasteiger partial charge is 0.378 e. The Labute approximate surface area is 146 Å². The lowest BCUT2D eigenvalue weighted by Gasteiger charge is -2.28. The Morgan fingerprint density at radius 3 is 2.56 bits per heavy atom. The number of morpholine rings is 1. The van der Waals surface area contributed by atoms with Crippen LogP contribution in [0.15, 0.2) is 60.9 Å². The van der Waals surface area contributed by atoms with Crippen molar-refractivity contribution >= 4 is 27.4 Å². The molecule has 0 bridgehead atoms. The van der Waals surface area contributed by atoms with Crippen LogP contribution in [0.3, 0.4) is 0 Å². The Hall–Kier alpha value is -2.85. The van der Waals surface area contributed by atoms with Gasteiger partial charge in [0, 0.05) is 53.0 Å². The number of fused-ring (bicyclic) bond motifs is 3. The van der Waals surface area contributed by atoms with Gasteiger partial charge in [0.25, 0.3) is 0 Å². The fourth-order valence-corrected chi connectivity index (χ4v) is 3.60. The van der Waals surface area contributed by atoms with E-state index in [4.69, 9.17) is 4.74 Å². The lowest BCUT2D eigenvalue weighted by molar-refractivity contribution is 0.122. The molecule has 124 valence electrons. The fraction of sp³-hybridized carbons (Fsp3) is 0.190. The molecule has 4 heteroatoms. The van der Waals surface area contributed by atoms with Crippen LogP contribution in [-0.2, 0) is 4.74 Å². The van der Waals surface area contributed by atoms with Crippen LogP contribution in [0.5, 0.6) is 0 Å². The van der Waals surface area contributed by atoms with Crippen molar-refractivity contribution in [3.8, 4) is 11.3 Å². The number of benzene rings is 2. The molecule has 3 heterocycles. The summed E-state index contributed by atoms with van der Waals surface area (Å²) in [6.45, 7) is 3.55. The van der Waals surface area contributed by atoms with E-state index in [0.29, 0.717) is 0 Å². The molecule has 0 saturated carbocycles. The highest BCUT2D eigenvalue weighted by Gasteiger charge is 2.12. The van der Waals surface area contributed by atoms with Gasteiger partial charge in [0.05, 0.1) is 18.7 Å². The minimum absolute atomic E-state index is 0.811. The highest BCUT2D eigenvalue weighted by Crippen LogP contribution is 2.30. The molecule has 1 aliphatic heterocycles. The van der Waals surface area contributed by atoms with E-state index in [9.17, 15) is 0 Å². The highest BCUT2D eigenvalue weighted by atomic mass is 16.5. The van der Waals surface area contributed by atoms with Crippen LogP contribution in [0.4, 0.5) is 5.69 Å². The van der Waals surface area contributed by atoms with Crippen molar-refractivity contribution in [2.24, 2.45) is 0 Å². The van der Waals surface area contributed by atoms with E-state index in [1.165, 1.54) is 27.5 Å². The second kappa shape index (κ2) is 5.90. The number of anilines is 1. The molecule has 0 unspecified atom stereocenters. The summed E-state index contributed by atoms with van der Waals surface area (Å²) < 4.78 is 5.43. The minimum atomic E-state index is 0.811. The molecule has 0 atom stereocenters. The maximum atomic E-state index is 5.43.